The fraction of sp³-hybridized carbons (Fsp3) is 0.0769. The number of benzene rings is 1. The molecule has 0 bridgehead atoms. The van der Waals surface area contributed by atoms with Gasteiger partial charge < -0.3 is 14.4 Å². The van der Waals surface area contributed by atoms with E-state index in [1.54, 1.807) is 30.3 Å². The van der Waals surface area contributed by atoms with Gasteiger partial charge in [-0.05, 0) is 35.9 Å². The van der Waals surface area contributed by atoms with Gasteiger partial charge in [-0.25, -0.2) is 4.98 Å². The predicted octanol–water partition coefficient (Wildman–Crippen LogP) is 2.80. The second kappa shape index (κ2) is 6.20. The summed E-state index contributed by atoms with van der Waals surface area (Å²) in [4.78, 5) is 4.53. The number of hydrogen-bond donors (Lipinski definition) is 2. The van der Waals surface area contributed by atoms with Crippen LogP contribution in [0.2, 0.25) is 0 Å². The van der Waals surface area contributed by atoms with Gasteiger partial charge in [0.05, 0.1) is 6.61 Å². The first-order valence-electron chi connectivity index (χ1n) is 5.36. The molecule has 0 fully saturated rings. The molecule has 0 aliphatic heterocycles. The first-order chi connectivity index (χ1) is 9.28. The summed E-state index contributed by atoms with van der Waals surface area (Å²) in [5.74, 6) is 0.648. The Morgan fingerprint density at radius 3 is 2.89 bits per heavy atom. The van der Waals surface area contributed by atoms with Crippen LogP contribution in [0.5, 0.6) is 11.6 Å². The first-order valence-corrected chi connectivity index (χ1v) is 6.14. The molecular weight excluding hydrogens is 264 g/mol. The van der Waals surface area contributed by atoms with Gasteiger partial charge >= 0.3 is 0 Å². The fourth-order valence-electron chi connectivity index (χ4n) is 1.50. The third-order valence-corrected chi connectivity index (χ3v) is 3.00. The molecule has 1 aromatic heterocycles. The molecule has 0 aliphatic rings. The van der Waals surface area contributed by atoms with Crippen LogP contribution in [0.4, 0.5) is 0 Å². The molecule has 0 amide bonds. The van der Waals surface area contributed by atoms with E-state index in [4.69, 9.17) is 14.6 Å². The van der Waals surface area contributed by atoms with Crippen molar-refractivity contribution in [3.05, 3.63) is 47.7 Å². The van der Waals surface area contributed by atoms with E-state index in [1.807, 2.05) is 6.07 Å². The van der Waals surface area contributed by atoms with Crippen molar-refractivity contribution in [2.75, 3.05) is 0 Å². The van der Waals surface area contributed by atoms with E-state index in [-0.39, 0.29) is 12.5 Å². The van der Waals surface area contributed by atoms with Crippen LogP contribution < -0.4 is 4.74 Å². The number of aliphatic hydroxyl groups excluding tert-OH is 1. The van der Waals surface area contributed by atoms with Crippen LogP contribution in [0.3, 0.4) is 0 Å². The van der Waals surface area contributed by atoms with Crippen LogP contribution in [0.25, 0.3) is 0 Å². The molecule has 0 saturated carbocycles. The number of nitrogens with zero attached hydrogens (tertiary/aromatic N) is 2. The summed E-state index contributed by atoms with van der Waals surface area (Å²) in [5.41, 5.74) is 0.869. The largest absolute Gasteiger partial charge is 0.438 e. The molecular formula is C13H10N2O3S. The van der Waals surface area contributed by atoms with E-state index in [9.17, 15) is 5.11 Å². The average Bonchev–Trinajstić information content (AvgIpc) is 2.47. The van der Waals surface area contributed by atoms with Crippen molar-refractivity contribution in [1.82, 2.24) is 4.98 Å². The molecule has 2 N–H and O–H groups in total. The van der Waals surface area contributed by atoms with Crippen molar-refractivity contribution < 1.29 is 14.4 Å². The number of rotatable bonds is 4. The van der Waals surface area contributed by atoms with Gasteiger partial charge in [0.25, 0.3) is 0 Å². The molecule has 0 aliphatic carbocycles. The van der Waals surface area contributed by atoms with Gasteiger partial charge in [-0.3, -0.25) is 0 Å². The van der Waals surface area contributed by atoms with E-state index in [0.717, 1.165) is 0 Å². The van der Waals surface area contributed by atoms with Gasteiger partial charge in [0.1, 0.15) is 17.4 Å². The minimum atomic E-state index is -0.215. The van der Waals surface area contributed by atoms with E-state index >= 15 is 0 Å². The number of aliphatic hydroxyl groups is 1. The molecule has 2 rings (SSSR count). The van der Waals surface area contributed by atoms with Gasteiger partial charge in [-0.2, -0.15) is 5.26 Å². The Morgan fingerprint density at radius 1 is 1.37 bits per heavy atom. The number of ether oxygens (including phenoxy) is 1. The quantitative estimate of drug-likeness (QED) is 0.834. The molecule has 5 nitrogen and oxygen atoms in total. The highest BCUT2D eigenvalue weighted by Gasteiger charge is 2.08. The van der Waals surface area contributed by atoms with Crippen LogP contribution in [-0.2, 0) is 6.61 Å². The van der Waals surface area contributed by atoms with Gasteiger partial charge in [0.2, 0.25) is 5.88 Å². The summed E-state index contributed by atoms with van der Waals surface area (Å²) in [7, 11) is 0. The lowest BCUT2D eigenvalue weighted by Gasteiger charge is -2.09. The Labute approximate surface area is 114 Å². The zero-order chi connectivity index (χ0) is 13.7. The van der Waals surface area contributed by atoms with E-state index < -0.39 is 0 Å². The molecule has 19 heavy (non-hydrogen) atoms. The fourth-order valence-corrected chi connectivity index (χ4v) is 1.87. The highest BCUT2D eigenvalue weighted by Crippen LogP contribution is 2.28. The van der Waals surface area contributed by atoms with Gasteiger partial charge in [0.15, 0.2) is 0 Å². The number of hydrogen-bond acceptors (Lipinski definition) is 6. The van der Waals surface area contributed by atoms with Crippen molar-refractivity contribution in [2.45, 2.75) is 11.5 Å². The van der Waals surface area contributed by atoms with Crippen molar-refractivity contribution in [3.8, 4) is 17.7 Å². The summed E-state index contributed by atoms with van der Waals surface area (Å²) >= 11 is 0.559. The smallest absolute Gasteiger partial charge is 0.237 e. The van der Waals surface area contributed by atoms with Crippen molar-refractivity contribution >= 4 is 12.0 Å². The van der Waals surface area contributed by atoms with Crippen LogP contribution in [0.15, 0.2) is 41.4 Å². The third kappa shape index (κ3) is 3.03. The molecule has 0 unspecified atom stereocenters. The monoisotopic (exact) mass is 274 g/mol. The molecule has 96 valence electrons. The topological polar surface area (TPSA) is 86.4 Å². The van der Waals surface area contributed by atoms with Crippen LogP contribution >= 0.6 is 12.0 Å². The number of nitriles is 1. The van der Waals surface area contributed by atoms with E-state index in [1.165, 1.54) is 6.20 Å². The summed E-state index contributed by atoms with van der Waals surface area (Å²) in [6.45, 7) is -0.215. The van der Waals surface area contributed by atoms with Gasteiger partial charge in [0, 0.05) is 23.1 Å². The Morgan fingerprint density at radius 2 is 2.21 bits per heavy atom. The summed E-state index contributed by atoms with van der Waals surface area (Å²) in [6, 6.07) is 10.1. The van der Waals surface area contributed by atoms with Gasteiger partial charge in [-0.15, -0.1) is 0 Å². The first kappa shape index (κ1) is 13.4. The molecule has 0 saturated heterocycles. The Kier molecular flexibility index (Phi) is 4.36. The Bertz CT molecular complexity index is 626. The lowest BCUT2D eigenvalue weighted by atomic mass is 10.2. The van der Waals surface area contributed by atoms with Crippen molar-refractivity contribution in [2.24, 2.45) is 0 Å². The predicted molar refractivity (Wildman–Crippen MR) is 69.9 cm³/mol. The second-order valence-electron chi connectivity index (χ2n) is 3.59. The van der Waals surface area contributed by atoms with Crippen LogP contribution in [0.1, 0.15) is 11.1 Å². The summed E-state index contributed by atoms with van der Waals surface area (Å²) < 4.78 is 14.5. The van der Waals surface area contributed by atoms with Crippen molar-refractivity contribution in [1.29, 1.82) is 5.26 Å². The van der Waals surface area contributed by atoms with Crippen LogP contribution in [0, 0.1) is 11.3 Å². The van der Waals surface area contributed by atoms with Crippen LogP contribution in [-0.4, -0.2) is 14.6 Å². The molecule has 0 atom stereocenters. The molecule has 6 heteroatoms. The zero-order valence-corrected chi connectivity index (χ0v) is 10.6. The van der Waals surface area contributed by atoms with E-state index in [0.29, 0.717) is 33.8 Å². The molecule has 2 aromatic rings. The summed E-state index contributed by atoms with van der Waals surface area (Å²) in [5, 5.41) is 18.1. The molecule has 1 heterocycles. The Balaban J connectivity index is 2.31. The lowest BCUT2D eigenvalue weighted by molar-refractivity contribution is 0.278. The maximum absolute atomic E-state index is 9.19. The summed E-state index contributed by atoms with van der Waals surface area (Å²) in [6.07, 6.45) is 1.53. The minimum absolute atomic E-state index is 0.207. The zero-order valence-electron chi connectivity index (χ0n) is 9.78. The number of pyridine rings is 1. The third-order valence-electron chi connectivity index (χ3n) is 2.41. The average molecular weight is 274 g/mol. The highest BCUT2D eigenvalue weighted by atomic mass is 32.2. The second-order valence-corrected chi connectivity index (χ2v) is 4.21. The minimum Gasteiger partial charge on any atom is -0.438 e. The molecule has 0 spiro atoms. The van der Waals surface area contributed by atoms with Gasteiger partial charge in [-0.1, -0.05) is 0 Å². The molecule has 1 aromatic carbocycles. The van der Waals surface area contributed by atoms with Crippen molar-refractivity contribution in [3.63, 3.8) is 0 Å². The maximum atomic E-state index is 9.19. The lowest BCUT2D eigenvalue weighted by Crippen LogP contribution is -1.93. The normalized spacial score (nSPS) is 9.95. The highest BCUT2D eigenvalue weighted by molar-refractivity contribution is 7.93. The van der Waals surface area contributed by atoms with E-state index in [2.05, 4.69) is 4.98 Å². The standard InChI is InChI=1S/C13H10N2O3S/c14-7-9-2-1-5-15-13(9)18-11-3-4-12(19-17)10(6-11)8-16/h1-6,16-17H,8H2. The SMILES string of the molecule is N#Cc1cccnc1Oc1ccc(SO)c(CO)c1. The maximum Gasteiger partial charge on any atom is 0.237 e. The Hall–Kier alpha value is -2.07. The molecule has 0 radical (unpaired) electrons. The number of aromatic nitrogens is 1.